The predicted molar refractivity (Wildman–Crippen MR) is 48.3 cm³/mol. The lowest BCUT2D eigenvalue weighted by molar-refractivity contribution is 0.0680. The maximum absolute atomic E-state index is 10.5. The van der Waals surface area contributed by atoms with Crippen LogP contribution in [0.1, 0.15) is 23.3 Å². The first kappa shape index (κ1) is 9.45. The van der Waals surface area contributed by atoms with E-state index in [1.54, 1.807) is 6.07 Å². The number of carbonyl (C=O) groups is 1. The van der Waals surface area contributed by atoms with Crippen LogP contribution < -0.4 is 0 Å². The first-order valence-electron chi connectivity index (χ1n) is 4.36. The molecular weight excluding hydrogens is 200 g/mol. The lowest BCUT2D eigenvalue weighted by atomic mass is 10.2. The minimum Gasteiger partial charge on any atom is -0.475 e. The molecule has 0 atom stereocenters. The highest BCUT2D eigenvalue weighted by molar-refractivity contribution is 5.83. The molecule has 0 saturated heterocycles. The number of aromatic carboxylic acids is 1. The maximum Gasteiger partial charge on any atom is 0.377 e. The highest BCUT2D eigenvalue weighted by Crippen LogP contribution is 2.23. The van der Waals surface area contributed by atoms with E-state index < -0.39 is 5.97 Å². The van der Waals surface area contributed by atoms with Gasteiger partial charge in [0, 0.05) is 6.42 Å². The highest BCUT2D eigenvalue weighted by Gasteiger charge is 2.17. The summed E-state index contributed by atoms with van der Waals surface area (Å²) in [7, 11) is 0. The van der Waals surface area contributed by atoms with E-state index in [1.165, 1.54) is 6.26 Å². The number of hydrogen-bond donors (Lipinski definition) is 1. The summed E-state index contributed by atoms with van der Waals surface area (Å²) in [6.45, 7) is 1.91. The zero-order chi connectivity index (χ0) is 10.8. The van der Waals surface area contributed by atoms with Gasteiger partial charge in [0.1, 0.15) is 5.76 Å². The standard InChI is InChI=1S/C9H8N2O4/c1-2-6-5(3-4-14-6)8-10-7(9(12)13)11-15-8/h3-4H,2H2,1H3,(H,12,13). The van der Waals surface area contributed by atoms with Crippen LogP contribution in [0, 0.1) is 0 Å². The lowest BCUT2D eigenvalue weighted by Gasteiger charge is -1.91. The Hall–Kier alpha value is -2.11. The van der Waals surface area contributed by atoms with Gasteiger partial charge in [0.15, 0.2) is 0 Å². The van der Waals surface area contributed by atoms with Crippen LogP contribution >= 0.6 is 0 Å². The van der Waals surface area contributed by atoms with Crippen molar-refractivity contribution < 1.29 is 18.8 Å². The smallest absolute Gasteiger partial charge is 0.377 e. The molecule has 15 heavy (non-hydrogen) atoms. The van der Waals surface area contributed by atoms with Gasteiger partial charge < -0.3 is 14.0 Å². The third-order valence-electron chi connectivity index (χ3n) is 1.91. The summed E-state index contributed by atoms with van der Waals surface area (Å²) in [6, 6.07) is 1.66. The van der Waals surface area contributed by atoms with Crippen LogP contribution in [0.2, 0.25) is 0 Å². The van der Waals surface area contributed by atoms with Crippen molar-refractivity contribution in [2.24, 2.45) is 0 Å². The van der Waals surface area contributed by atoms with Gasteiger partial charge in [-0.1, -0.05) is 6.92 Å². The molecule has 78 valence electrons. The van der Waals surface area contributed by atoms with Gasteiger partial charge in [-0.3, -0.25) is 0 Å². The molecule has 0 spiro atoms. The van der Waals surface area contributed by atoms with Gasteiger partial charge >= 0.3 is 5.97 Å². The Morgan fingerprint density at radius 2 is 2.40 bits per heavy atom. The number of carboxylic acids is 1. The van der Waals surface area contributed by atoms with E-state index in [0.717, 1.165) is 0 Å². The summed E-state index contributed by atoms with van der Waals surface area (Å²) in [5, 5.41) is 11.9. The monoisotopic (exact) mass is 208 g/mol. The molecule has 6 nitrogen and oxygen atoms in total. The van der Waals surface area contributed by atoms with Crippen molar-refractivity contribution in [2.75, 3.05) is 0 Å². The second kappa shape index (κ2) is 3.56. The molecule has 0 aliphatic heterocycles. The average molecular weight is 208 g/mol. The van der Waals surface area contributed by atoms with Gasteiger partial charge in [-0.25, -0.2) is 4.79 Å². The Morgan fingerprint density at radius 1 is 1.60 bits per heavy atom. The van der Waals surface area contributed by atoms with Gasteiger partial charge in [0.05, 0.1) is 11.8 Å². The minimum atomic E-state index is -1.22. The molecule has 2 rings (SSSR count). The van der Waals surface area contributed by atoms with E-state index in [1.807, 2.05) is 6.92 Å². The van der Waals surface area contributed by atoms with Crippen LogP contribution in [0.4, 0.5) is 0 Å². The van der Waals surface area contributed by atoms with E-state index in [0.29, 0.717) is 17.7 Å². The van der Waals surface area contributed by atoms with Crippen molar-refractivity contribution in [3.63, 3.8) is 0 Å². The molecule has 0 aliphatic rings. The summed E-state index contributed by atoms with van der Waals surface area (Å²) in [5.41, 5.74) is 0.637. The molecule has 0 aromatic carbocycles. The van der Waals surface area contributed by atoms with Gasteiger partial charge in [-0.2, -0.15) is 4.98 Å². The maximum atomic E-state index is 10.5. The third kappa shape index (κ3) is 1.61. The molecular formula is C9H8N2O4. The van der Waals surface area contributed by atoms with Crippen molar-refractivity contribution in [3.8, 4) is 11.5 Å². The van der Waals surface area contributed by atoms with Crippen LogP contribution in [0.25, 0.3) is 11.5 Å². The lowest BCUT2D eigenvalue weighted by Crippen LogP contribution is -1.98. The quantitative estimate of drug-likeness (QED) is 0.823. The van der Waals surface area contributed by atoms with Gasteiger partial charge in [0.2, 0.25) is 0 Å². The molecule has 0 fully saturated rings. The fourth-order valence-electron chi connectivity index (χ4n) is 1.22. The van der Waals surface area contributed by atoms with Crippen LogP contribution in [0.5, 0.6) is 0 Å². The normalized spacial score (nSPS) is 10.5. The number of nitrogens with zero attached hydrogens (tertiary/aromatic N) is 2. The van der Waals surface area contributed by atoms with Crippen molar-refractivity contribution in [2.45, 2.75) is 13.3 Å². The molecule has 2 heterocycles. The average Bonchev–Trinajstić information content (AvgIpc) is 2.85. The fourth-order valence-corrected chi connectivity index (χ4v) is 1.22. The Balaban J connectivity index is 2.41. The fraction of sp³-hybridized carbons (Fsp3) is 0.222. The second-order valence-corrected chi connectivity index (χ2v) is 2.84. The van der Waals surface area contributed by atoms with Crippen LogP contribution in [0.15, 0.2) is 21.3 Å². The Kier molecular flexibility index (Phi) is 2.24. The van der Waals surface area contributed by atoms with Crippen LogP contribution in [-0.4, -0.2) is 21.2 Å². The van der Waals surface area contributed by atoms with Gasteiger partial charge in [-0.05, 0) is 11.2 Å². The van der Waals surface area contributed by atoms with E-state index >= 15 is 0 Å². The number of aryl methyl sites for hydroxylation is 1. The van der Waals surface area contributed by atoms with E-state index in [-0.39, 0.29) is 11.7 Å². The van der Waals surface area contributed by atoms with E-state index in [2.05, 4.69) is 10.1 Å². The van der Waals surface area contributed by atoms with E-state index in [9.17, 15) is 4.79 Å². The summed E-state index contributed by atoms with van der Waals surface area (Å²) in [6.07, 6.45) is 2.17. The molecule has 0 unspecified atom stereocenters. The van der Waals surface area contributed by atoms with Crippen LogP contribution in [-0.2, 0) is 6.42 Å². The number of furan rings is 1. The number of hydrogen-bond acceptors (Lipinski definition) is 5. The molecule has 6 heteroatoms. The SMILES string of the molecule is CCc1occc1-c1nc(C(=O)O)no1. The molecule has 0 aliphatic carbocycles. The van der Waals surface area contributed by atoms with E-state index in [4.69, 9.17) is 14.0 Å². The largest absolute Gasteiger partial charge is 0.475 e. The third-order valence-corrected chi connectivity index (χ3v) is 1.91. The van der Waals surface area contributed by atoms with Crippen molar-refractivity contribution >= 4 is 5.97 Å². The zero-order valence-corrected chi connectivity index (χ0v) is 7.93. The Bertz CT molecular complexity index is 486. The Labute approximate surface area is 84.5 Å². The summed E-state index contributed by atoms with van der Waals surface area (Å²) >= 11 is 0. The molecule has 2 aromatic rings. The van der Waals surface area contributed by atoms with Gasteiger partial charge in [-0.15, -0.1) is 0 Å². The molecule has 1 N–H and O–H groups in total. The molecule has 2 aromatic heterocycles. The predicted octanol–water partition coefficient (Wildman–Crippen LogP) is 1.59. The molecule has 0 radical (unpaired) electrons. The Morgan fingerprint density at radius 3 is 3.00 bits per heavy atom. The summed E-state index contributed by atoms with van der Waals surface area (Å²) < 4.78 is 9.97. The highest BCUT2D eigenvalue weighted by atomic mass is 16.5. The zero-order valence-electron chi connectivity index (χ0n) is 7.93. The van der Waals surface area contributed by atoms with Crippen molar-refractivity contribution in [3.05, 3.63) is 23.9 Å². The number of carboxylic acid groups (broad SMARTS) is 1. The topological polar surface area (TPSA) is 89.4 Å². The number of aromatic nitrogens is 2. The van der Waals surface area contributed by atoms with Crippen molar-refractivity contribution in [1.82, 2.24) is 10.1 Å². The number of rotatable bonds is 3. The molecule has 0 saturated carbocycles. The molecule has 0 bridgehead atoms. The first-order chi connectivity index (χ1) is 7.22. The minimum absolute atomic E-state index is 0.165. The summed E-state index contributed by atoms with van der Waals surface area (Å²) in [5.74, 6) is -0.714. The first-order valence-corrected chi connectivity index (χ1v) is 4.36. The van der Waals surface area contributed by atoms with Crippen LogP contribution in [0.3, 0.4) is 0 Å². The summed E-state index contributed by atoms with van der Waals surface area (Å²) in [4.78, 5) is 14.3. The molecule has 0 amide bonds. The second-order valence-electron chi connectivity index (χ2n) is 2.84. The van der Waals surface area contributed by atoms with Crippen molar-refractivity contribution in [1.29, 1.82) is 0 Å². The van der Waals surface area contributed by atoms with Gasteiger partial charge in [0.25, 0.3) is 11.7 Å².